The van der Waals surface area contributed by atoms with E-state index in [2.05, 4.69) is 0 Å². The number of esters is 1. The zero-order chi connectivity index (χ0) is 16.7. The van der Waals surface area contributed by atoms with E-state index < -0.39 is 6.10 Å². The molecule has 2 rings (SSSR count). The Morgan fingerprint density at radius 1 is 0.957 bits per heavy atom. The van der Waals surface area contributed by atoms with Crippen molar-refractivity contribution in [2.24, 2.45) is 0 Å². The monoisotopic (exact) mass is 334 g/mol. The summed E-state index contributed by atoms with van der Waals surface area (Å²) in [5.41, 5.74) is 0. The second-order valence-corrected chi connectivity index (χ2v) is 5.23. The van der Waals surface area contributed by atoms with Gasteiger partial charge in [-0.25, -0.2) is 4.79 Å². The zero-order valence-corrected chi connectivity index (χ0v) is 13.9. The fraction of sp³-hybridized carbons (Fsp3) is 0.278. The summed E-state index contributed by atoms with van der Waals surface area (Å²) in [6.45, 7) is 3.99. The maximum Gasteiger partial charge on any atom is 0.347 e. The number of halogens is 1. The van der Waals surface area contributed by atoms with Gasteiger partial charge in [0.05, 0.1) is 6.61 Å². The van der Waals surface area contributed by atoms with E-state index in [-0.39, 0.29) is 5.97 Å². The third-order valence-corrected chi connectivity index (χ3v) is 3.32. The standard InChI is InChI=1S/C18H19ClO4/c1-3-17(18(20)21-4-2)23-16-11-9-15(10-12-16)22-14-7-5-13(19)6-8-14/h5-12,17H,3-4H2,1-2H3. The Kier molecular flexibility index (Phi) is 6.29. The molecule has 0 radical (unpaired) electrons. The number of rotatable bonds is 7. The predicted octanol–water partition coefficient (Wildman–Crippen LogP) is 4.85. The van der Waals surface area contributed by atoms with E-state index in [1.165, 1.54) is 0 Å². The first-order valence-corrected chi connectivity index (χ1v) is 7.87. The van der Waals surface area contributed by atoms with Gasteiger partial charge in [0.1, 0.15) is 17.2 Å². The molecule has 122 valence electrons. The molecule has 0 aliphatic heterocycles. The lowest BCUT2D eigenvalue weighted by atomic mass is 10.2. The van der Waals surface area contributed by atoms with Crippen molar-refractivity contribution in [1.82, 2.24) is 0 Å². The molecule has 0 saturated heterocycles. The number of hydrogen-bond acceptors (Lipinski definition) is 4. The molecular formula is C18H19ClO4. The summed E-state index contributed by atoms with van der Waals surface area (Å²) < 4.78 is 16.3. The van der Waals surface area contributed by atoms with E-state index in [1.54, 1.807) is 55.5 Å². The Labute approximate surface area is 140 Å². The van der Waals surface area contributed by atoms with Gasteiger partial charge in [0.15, 0.2) is 6.10 Å². The molecule has 0 N–H and O–H groups in total. The maximum absolute atomic E-state index is 11.7. The summed E-state index contributed by atoms with van der Waals surface area (Å²) >= 11 is 5.84. The number of carbonyl (C=O) groups excluding carboxylic acids is 1. The van der Waals surface area contributed by atoms with Crippen LogP contribution >= 0.6 is 11.6 Å². The van der Waals surface area contributed by atoms with Crippen LogP contribution in [0.1, 0.15) is 20.3 Å². The minimum atomic E-state index is -0.599. The van der Waals surface area contributed by atoms with Crippen LogP contribution in [-0.2, 0) is 9.53 Å². The van der Waals surface area contributed by atoms with Crippen LogP contribution in [-0.4, -0.2) is 18.7 Å². The van der Waals surface area contributed by atoms with Gasteiger partial charge in [-0.3, -0.25) is 0 Å². The minimum absolute atomic E-state index is 0.340. The van der Waals surface area contributed by atoms with Gasteiger partial charge in [-0.2, -0.15) is 0 Å². The number of ether oxygens (including phenoxy) is 3. The summed E-state index contributed by atoms with van der Waals surface area (Å²) in [5, 5.41) is 0.658. The third-order valence-electron chi connectivity index (χ3n) is 3.07. The van der Waals surface area contributed by atoms with E-state index in [9.17, 15) is 4.79 Å². The van der Waals surface area contributed by atoms with Crippen LogP contribution in [0, 0.1) is 0 Å². The first-order valence-electron chi connectivity index (χ1n) is 7.49. The van der Waals surface area contributed by atoms with Crippen molar-refractivity contribution in [3.63, 3.8) is 0 Å². The molecular weight excluding hydrogens is 316 g/mol. The average Bonchev–Trinajstić information content (AvgIpc) is 2.56. The molecule has 4 nitrogen and oxygen atoms in total. The number of carbonyl (C=O) groups is 1. The maximum atomic E-state index is 11.7. The fourth-order valence-corrected chi connectivity index (χ4v) is 2.05. The molecule has 0 amide bonds. The van der Waals surface area contributed by atoms with E-state index >= 15 is 0 Å². The van der Waals surface area contributed by atoms with Gasteiger partial charge in [0, 0.05) is 5.02 Å². The normalized spacial score (nSPS) is 11.6. The van der Waals surface area contributed by atoms with Crippen LogP contribution in [0.5, 0.6) is 17.2 Å². The van der Waals surface area contributed by atoms with Crippen molar-refractivity contribution in [3.05, 3.63) is 53.6 Å². The van der Waals surface area contributed by atoms with Crippen LogP contribution < -0.4 is 9.47 Å². The van der Waals surface area contributed by atoms with Crippen molar-refractivity contribution in [3.8, 4) is 17.2 Å². The van der Waals surface area contributed by atoms with Crippen molar-refractivity contribution < 1.29 is 19.0 Å². The van der Waals surface area contributed by atoms with E-state index in [4.69, 9.17) is 25.8 Å². The average molecular weight is 335 g/mol. The Morgan fingerprint density at radius 3 is 2.00 bits per heavy atom. The van der Waals surface area contributed by atoms with Crippen LogP contribution in [0.3, 0.4) is 0 Å². The van der Waals surface area contributed by atoms with Gasteiger partial charge in [-0.15, -0.1) is 0 Å². The summed E-state index contributed by atoms with van der Waals surface area (Å²) in [4.78, 5) is 11.7. The topological polar surface area (TPSA) is 44.8 Å². The van der Waals surface area contributed by atoms with Gasteiger partial charge in [0.2, 0.25) is 0 Å². The van der Waals surface area contributed by atoms with Gasteiger partial charge in [-0.05, 0) is 61.9 Å². The quantitative estimate of drug-likeness (QED) is 0.679. The zero-order valence-electron chi connectivity index (χ0n) is 13.1. The number of benzene rings is 2. The molecule has 0 bridgehead atoms. The summed E-state index contributed by atoms with van der Waals surface area (Å²) in [6.07, 6.45) is -0.0556. The molecule has 0 heterocycles. The molecule has 0 aliphatic carbocycles. The molecule has 2 aromatic carbocycles. The molecule has 0 aromatic heterocycles. The van der Waals surface area contributed by atoms with E-state index in [1.807, 2.05) is 6.92 Å². The molecule has 0 aliphatic rings. The largest absolute Gasteiger partial charge is 0.479 e. The Morgan fingerprint density at radius 2 is 1.48 bits per heavy atom. The summed E-state index contributed by atoms with van der Waals surface area (Å²) in [7, 11) is 0. The van der Waals surface area contributed by atoms with Crippen LogP contribution in [0.15, 0.2) is 48.5 Å². The highest BCUT2D eigenvalue weighted by Crippen LogP contribution is 2.25. The predicted molar refractivity (Wildman–Crippen MR) is 89.3 cm³/mol. The molecule has 0 saturated carbocycles. The highest BCUT2D eigenvalue weighted by molar-refractivity contribution is 6.30. The second-order valence-electron chi connectivity index (χ2n) is 4.79. The highest BCUT2D eigenvalue weighted by atomic mass is 35.5. The Hall–Kier alpha value is -2.20. The molecule has 0 fully saturated rings. The molecule has 23 heavy (non-hydrogen) atoms. The highest BCUT2D eigenvalue weighted by Gasteiger charge is 2.19. The van der Waals surface area contributed by atoms with Crippen molar-refractivity contribution >= 4 is 17.6 Å². The smallest absolute Gasteiger partial charge is 0.347 e. The first-order chi connectivity index (χ1) is 11.1. The van der Waals surface area contributed by atoms with Crippen molar-refractivity contribution in [1.29, 1.82) is 0 Å². The summed E-state index contributed by atoms with van der Waals surface area (Å²) in [6, 6.07) is 14.2. The molecule has 0 spiro atoms. The van der Waals surface area contributed by atoms with Gasteiger partial charge in [-0.1, -0.05) is 18.5 Å². The van der Waals surface area contributed by atoms with Crippen LogP contribution in [0.2, 0.25) is 5.02 Å². The van der Waals surface area contributed by atoms with Gasteiger partial charge in [0.25, 0.3) is 0 Å². The molecule has 5 heteroatoms. The van der Waals surface area contributed by atoms with E-state index in [0.29, 0.717) is 35.3 Å². The van der Waals surface area contributed by atoms with Crippen molar-refractivity contribution in [2.75, 3.05) is 6.61 Å². The lowest BCUT2D eigenvalue weighted by molar-refractivity contribution is -0.151. The lowest BCUT2D eigenvalue weighted by Gasteiger charge is -2.16. The number of hydrogen-bond donors (Lipinski definition) is 0. The Bertz CT molecular complexity index is 622. The van der Waals surface area contributed by atoms with Crippen molar-refractivity contribution in [2.45, 2.75) is 26.4 Å². The summed E-state index contributed by atoms with van der Waals surface area (Å²) in [5.74, 6) is 1.61. The van der Waals surface area contributed by atoms with Gasteiger partial charge < -0.3 is 14.2 Å². The fourth-order valence-electron chi connectivity index (χ4n) is 1.92. The van der Waals surface area contributed by atoms with Gasteiger partial charge >= 0.3 is 5.97 Å². The Balaban J connectivity index is 1.98. The lowest BCUT2D eigenvalue weighted by Crippen LogP contribution is -2.28. The van der Waals surface area contributed by atoms with Crippen LogP contribution in [0.4, 0.5) is 0 Å². The SMILES string of the molecule is CCOC(=O)C(CC)Oc1ccc(Oc2ccc(Cl)cc2)cc1. The second kappa shape index (κ2) is 8.44. The minimum Gasteiger partial charge on any atom is -0.479 e. The first kappa shape index (κ1) is 17.2. The molecule has 1 atom stereocenters. The third kappa shape index (κ3) is 5.18. The molecule has 2 aromatic rings. The van der Waals surface area contributed by atoms with E-state index in [0.717, 1.165) is 0 Å². The van der Waals surface area contributed by atoms with Crippen LogP contribution in [0.25, 0.3) is 0 Å². The molecule has 1 unspecified atom stereocenters.